The number of rotatable bonds is 4. The Hall–Kier alpha value is -2.30. The number of hydrogen-bond acceptors (Lipinski definition) is 2. The maximum Gasteiger partial charge on any atom is 0.193 e. The highest BCUT2D eigenvalue weighted by Gasteiger charge is 2.08. The third-order valence-electron chi connectivity index (χ3n) is 3.89. The van der Waals surface area contributed by atoms with Crippen molar-refractivity contribution in [2.75, 3.05) is 5.32 Å². The molecule has 118 valence electrons. The number of guanidine groups is 1. The Bertz CT molecular complexity index is 682. The van der Waals surface area contributed by atoms with Crippen LogP contribution in [-0.4, -0.2) is 15.7 Å². The van der Waals surface area contributed by atoms with Gasteiger partial charge in [-0.15, -0.1) is 0 Å². The van der Waals surface area contributed by atoms with Crippen LogP contribution in [0.4, 0.5) is 5.69 Å². The van der Waals surface area contributed by atoms with E-state index >= 15 is 0 Å². The number of hydrogen-bond donors (Lipinski definition) is 2. The summed E-state index contributed by atoms with van der Waals surface area (Å²) in [5.74, 6) is 0.907. The smallest absolute Gasteiger partial charge is 0.193 e. The molecule has 5 heteroatoms. The molecule has 0 bridgehead atoms. The van der Waals surface area contributed by atoms with Crippen molar-refractivity contribution >= 4 is 11.6 Å². The van der Waals surface area contributed by atoms with Crippen LogP contribution >= 0.6 is 0 Å². The van der Waals surface area contributed by atoms with Crippen molar-refractivity contribution in [1.29, 1.82) is 0 Å². The zero-order valence-electron chi connectivity index (χ0n) is 14.0. The lowest BCUT2D eigenvalue weighted by Crippen LogP contribution is -2.22. The molecule has 0 aliphatic heterocycles. The molecule has 5 nitrogen and oxygen atoms in total. The van der Waals surface area contributed by atoms with Crippen LogP contribution in [0.1, 0.15) is 42.3 Å². The predicted octanol–water partition coefficient (Wildman–Crippen LogP) is 3.09. The normalized spacial score (nSPS) is 12.0. The van der Waals surface area contributed by atoms with Gasteiger partial charge in [0.25, 0.3) is 0 Å². The van der Waals surface area contributed by atoms with E-state index < -0.39 is 0 Å². The Labute approximate surface area is 132 Å². The second-order valence-electron chi connectivity index (χ2n) is 5.88. The van der Waals surface area contributed by atoms with Gasteiger partial charge >= 0.3 is 0 Å². The number of aliphatic imine (C=N–C) groups is 1. The van der Waals surface area contributed by atoms with Crippen LogP contribution in [0.15, 0.2) is 29.3 Å². The highest BCUT2D eigenvalue weighted by atomic mass is 15.3. The van der Waals surface area contributed by atoms with Crippen LogP contribution < -0.4 is 11.1 Å². The maximum atomic E-state index is 6.00. The molecule has 0 unspecified atom stereocenters. The summed E-state index contributed by atoms with van der Waals surface area (Å²) in [5.41, 5.74) is 11.5. The summed E-state index contributed by atoms with van der Waals surface area (Å²) >= 11 is 0. The second kappa shape index (κ2) is 6.64. The van der Waals surface area contributed by atoms with E-state index in [1.165, 1.54) is 5.56 Å². The summed E-state index contributed by atoms with van der Waals surface area (Å²) in [5, 5.41) is 7.54. The molecule has 0 aliphatic carbocycles. The molecule has 0 atom stereocenters. The van der Waals surface area contributed by atoms with Crippen LogP contribution in [0.2, 0.25) is 0 Å². The van der Waals surface area contributed by atoms with E-state index in [-0.39, 0.29) is 0 Å². The quantitative estimate of drug-likeness (QED) is 0.673. The van der Waals surface area contributed by atoms with Crippen molar-refractivity contribution in [1.82, 2.24) is 9.78 Å². The van der Waals surface area contributed by atoms with Crippen LogP contribution in [0.25, 0.3) is 0 Å². The molecule has 0 radical (unpaired) electrons. The van der Waals surface area contributed by atoms with E-state index in [0.29, 0.717) is 18.4 Å². The fourth-order valence-corrected chi connectivity index (χ4v) is 2.37. The molecule has 1 heterocycles. The largest absolute Gasteiger partial charge is 0.370 e. The first-order valence-electron chi connectivity index (χ1n) is 7.54. The minimum Gasteiger partial charge on any atom is -0.370 e. The second-order valence-corrected chi connectivity index (χ2v) is 5.88. The minimum atomic E-state index is 0.420. The van der Waals surface area contributed by atoms with Gasteiger partial charge < -0.3 is 11.1 Å². The lowest BCUT2D eigenvalue weighted by atomic mass is 10.0. The van der Waals surface area contributed by atoms with Crippen molar-refractivity contribution in [3.63, 3.8) is 0 Å². The zero-order valence-corrected chi connectivity index (χ0v) is 14.0. The summed E-state index contributed by atoms with van der Waals surface area (Å²) in [6, 6.07) is 8.24. The van der Waals surface area contributed by atoms with Crippen LogP contribution in [-0.2, 0) is 13.6 Å². The molecule has 0 amide bonds. The van der Waals surface area contributed by atoms with Crippen molar-refractivity contribution in [3.8, 4) is 0 Å². The monoisotopic (exact) mass is 299 g/mol. The van der Waals surface area contributed by atoms with Gasteiger partial charge in [-0.25, -0.2) is 4.99 Å². The van der Waals surface area contributed by atoms with Gasteiger partial charge in [0.05, 0.1) is 12.2 Å². The maximum absolute atomic E-state index is 6.00. The van der Waals surface area contributed by atoms with E-state index in [0.717, 1.165) is 22.6 Å². The van der Waals surface area contributed by atoms with Crippen LogP contribution in [0.3, 0.4) is 0 Å². The summed E-state index contributed by atoms with van der Waals surface area (Å²) < 4.78 is 1.87. The summed E-state index contributed by atoms with van der Waals surface area (Å²) in [4.78, 5) is 4.43. The van der Waals surface area contributed by atoms with Gasteiger partial charge in [0.1, 0.15) is 0 Å². The van der Waals surface area contributed by atoms with Gasteiger partial charge in [-0.3, -0.25) is 4.68 Å². The average Bonchev–Trinajstić information content (AvgIpc) is 2.70. The number of nitrogens with one attached hydrogen (secondary N) is 1. The molecule has 22 heavy (non-hydrogen) atoms. The Morgan fingerprint density at radius 1 is 1.36 bits per heavy atom. The zero-order chi connectivity index (χ0) is 16.3. The molecule has 2 rings (SSSR count). The van der Waals surface area contributed by atoms with E-state index in [2.05, 4.69) is 41.4 Å². The number of anilines is 1. The number of nitrogens with two attached hydrogens (primary N) is 1. The number of aryl methyl sites for hydroxylation is 2. The van der Waals surface area contributed by atoms with Crippen molar-refractivity contribution in [2.45, 2.75) is 40.2 Å². The molecule has 0 saturated carbocycles. The van der Waals surface area contributed by atoms with E-state index in [4.69, 9.17) is 5.73 Å². The lowest BCUT2D eigenvalue weighted by Gasteiger charge is -2.10. The molecule has 1 aromatic carbocycles. The van der Waals surface area contributed by atoms with Gasteiger partial charge in [0.15, 0.2) is 5.96 Å². The Kier molecular flexibility index (Phi) is 4.85. The van der Waals surface area contributed by atoms with Crippen LogP contribution in [0.5, 0.6) is 0 Å². The van der Waals surface area contributed by atoms with E-state index in [9.17, 15) is 0 Å². The topological polar surface area (TPSA) is 68.2 Å². The van der Waals surface area contributed by atoms with Gasteiger partial charge in [-0.1, -0.05) is 26.0 Å². The fourth-order valence-electron chi connectivity index (χ4n) is 2.37. The Morgan fingerprint density at radius 2 is 2.09 bits per heavy atom. The summed E-state index contributed by atoms with van der Waals surface area (Å²) in [6.07, 6.45) is 0. The van der Waals surface area contributed by atoms with E-state index in [1.54, 1.807) is 0 Å². The molecule has 0 fully saturated rings. The molecule has 0 aliphatic rings. The standard InChI is InChI=1S/C17H25N5/c1-11(2)14-7-6-8-15(9-14)20-17(18)19-10-16-12(3)21-22(5)13(16)4/h6-9,11H,10H2,1-5H3,(H3,18,19,20). The Morgan fingerprint density at radius 3 is 2.68 bits per heavy atom. The highest BCUT2D eigenvalue weighted by Crippen LogP contribution is 2.18. The number of benzene rings is 1. The van der Waals surface area contributed by atoms with Gasteiger partial charge in [-0.05, 0) is 37.5 Å². The average molecular weight is 299 g/mol. The lowest BCUT2D eigenvalue weighted by molar-refractivity contribution is 0.730. The number of aromatic nitrogens is 2. The molecule has 2 aromatic rings. The van der Waals surface area contributed by atoms with Crippen LogP contribution in [0, 0.1) is 13.8 Å². The fraction of sp³-hybridized carbons (Fsp3) is 0.412. The van der Waals surface area contributed by atoms with Gasteiger partial charge in [0, 0.05) is 24.0 Å². The highest BCUT2D eigenvalue weighted by molar-refractivity contribution is 5.92. The van der Waals surface area contributed by atoms with Gasteiger partial charge in [0.2, 0.25) is 0 Å². The molecule has 0 saturated heterocycles. The van der Waals surface area contributed by atoms with Crippen molar-refractivity contribution in [2.24, 2.45) is 17.8 Å². The molecule has 1 aromatic heterocycles. The van der Waals surface area contributed by atoms with E-state index in [1.807, 2.05) is 37.7 Å². The molecule has 3 N–H and O–H groups in total. The first kappa shape index (κ1) is 16.1. The predicted molar refractivity (Wildman–Crippen MR) is 92.2 cm³/mol. The molecule has 0 spiro atoms. The molecular weight excluding hydrogens is 274 g/mol. The number of nitrogens with zero attached hydrogens (tertiary/aromatic N) is 3. The van der Waals surface area contributed by atoms with Crippen molar-refractivity contribution in [3.05, 3.63) is 46.8 Å². The summed E-state index contributed by atoms with van der Waals surface area (Å²) in [7, 11) is 1.94. The third-order valence-corrected chi connectivity index (χ3v) is 3.89. The minimum absolute atomic E-state index is 0.420. The third kappa shape index (κ3) is 3.67. The Balaban J connectivity index is 2.08. The first-order valence-corrected chi connectivity index (χ1v) is 7.54. The summed E-state index contributed by atoms with van der Waals surface area (Å²) in [6.45, 7) is 8.91. The first-order chi connectivity index (χ1) is 10.4. The molecular formula is C17H25N5. The SMILES string of the molecule is Cc1nn(C)c(C)c1CN=C(N)Nc1cccc(C(C)C)c1. The van der Waals surface area contributed by atoms with Gasteiger partial charge in [-0.2, -0.15) is 5.10 Å². The van der Waals surface area contributed by atoms with Crippen molar-refractivity contribution < 1.29 is 0 Å².